The maximum Gasteiger partial charge on any atom is 0.0730 e. The van der Waals surface area contributed by atoms with Gasteiger partial charge in [-0.15, -0.1) is 0 Å². The first kappa shape index (κ1) is 11.1. The molecule has 0 amide bonds. The Morgan fingerprint density at radius 2 is 2.14 bits per heavy atom. The van der Waals surface area contributed by atoms with Crippen LogP contribution in [-0.4, -0.2) is 9.78 Å². The van der Waals surface area contributed by atoms with Gasteiger partial charge in [0.25, 0.3) is 0 Å². The molecular formula is C11H21N3. The molecule has 0 saturated carbocycles. The van der Waals surface area contributed by atoms with Gasteiger partial charge in [0, 0.05) is 6.54 Å². The van der Waals surface area contributed by atoms with Crippen molar-refractivity contribution in [2.45, 2.75) is 47.1 Å². The van der Waals surface area contributed by atoms with E-state index in [1.165, 1.54) is 6.42 Å². The van der Waals surface area contributed by atoms with E-state index in [1.807, 2.05) is 11.6 Å². The van der Waals surface area contributed by atoms with Gasteiger partial charge >= 0.3 is 0 Å². The molecule has 14 heavy (non-hydrogen) atoms. The minimum atomic E-state index is 0.396. The number of nitrogen functional groups attached to an aromatic ring is 1. The predicted octanol–water partition coefficient (Wildman–Crippen LogP) is 2.60. The van der Waals surface area contributed by atoms with Crippen molar-refractivity contribution < 1.29 is 0 Å². The quantitative estimate of drug-likeness (QED) is 0.802. The number of nitrogens with zero attached hydrogens (tertiary/aromatic N) is 2. The lowest BCUT2D eigenvalue weighted by Gasteiger charge is -2.22. The van der Waals surface area contributed by atoms with Crippen LogP contribution in [0.2, 0.25) is 0 Å². The minimum Gasteiger partial charge on any atom is -0.396 e. The molecule has 3 nitrogen and oxygen atoms in total. The molecule has 0 aliphatic rings. The van der Waals surface area contributed by atoms with E-state index >= 15 is 0 Å². The van der Waals surface area contributed by atoms with Crippen LogP contribution in [0.15, 0.2) is 6.20 Å². The molecule has 3 heteroatoms. The number of rotatable bonds is 4. The van der Waals surface area contributed by atoms with E-state index in [-0.39, 0.29) is 0 Å². The highest BCUT2D eigenvalue weighted by Crippen LogP contribution is 2.25. The second kappa shape index (κ2) is 4.03. The van der Waals surface area contributed by atoms with Crippen molar-refractivity contribution in [3.8, 4) is 0 Å². The lowest BCUT2D eigenvalue weighted by atomic mass is 9.86. The summed E-state index contributed by atoms with van der Waals surface area (Å²) >= 11 is 0. The summed E-state index contributed by atoms with van der Waals surface area (Å²) in [4.78, 5) is 0. The van der Waals surface area contributed by atoms with Gasteiger partial charge in [-0.3, -0.25) is 4.68 Å². The molecule has 2 N–H and O–H groups in total. The molecule has 1 rings (SSSR count). The highest BCUT2D eigenvalue weighted by molar-refractivity contribution is 5.39. The second-order valence-electron chi connectivity index (χ2n) is 4.68. The molecule has 0 unspecified atom stereocenters. The van der Waals surface area contributed by atoms with Crippen molar-refractivity contribution >= 4 is 5.69 Å². The summed E-state index contributed by atoms with van der Waals surface area (Å²) in [5.41, 5.74) is 8.00. The predicted molar refractivity (Wildman–Crippen MR) is 60.1 cm³/mol. The molecule has 0 aromatic carbocycles. The van der Waals surface area contributed by atoms with Crippen LogP contribution in [0.1, 0.15) is 39.3 Å². The Bertz CT molecular complexity index is 299. The van der Waals surface area contributed by atoms with E-state index in [4.69, 9.17) is 5.73 Å². The van der Waals surface area contributed by atoms with Gasteiger partial charge in [0.05, 0.1) is 17.6 Å². The summed E-state index contributed by atoms with van der Waals surface area (Å²) in [6.07, 6.45) is 4.07. The summed E-state index contributed by atoms with van der Waals surface area (Å²) in [7, 11) is 0. The van der Waals surface area contributed by atoms with Gasteiger partial charge in [0.15, 0.2) is 0 Å². The van der Waals surface area contributed by atoms with Crippen LogP contribution < -0.4 is 5.73 Å². The van der Waals surface area contributed by atoms with Crippen LogP contribution in [0.3, 0.4) is 0 Å². The molecule has 0 aliphatic carbocycles. The highest BCUT2D eigenvalue weighted by atomic mass is 15.3. The molecular weight excluding hydrogens is 174 g/mol. The lowest BCUT2D eigenvalue weighted by Crippen LogP contribution is -2.15. The first-order valence-corrected chi connectivity index (χ1v) is 5.24. The fourth-order valence-electron chi connectivity index (χ4n) is 1.27. The standard InChI is InChI=1S/C11H21N3/c1-5-11(3,4)6-7-14-9(2)10(12)8-13-14/h8H,5-7,12H2,1-4H3. The number of hydrogen-bond donors (Lipinski definition) is 1. The van der Waals surface area contributed by atoms with Crippen molar-refractivity contribution in [2.75, 3.05) is 5.73 Å². The molecule has 0 saturated heterocycles. The van der Waals surface area contributed by atoms with Crippen LogP contribution >= 0.6 is 0 Å². The number of aromatic nitrogens is 2. The summed E-state index contributed by atoms with van der Waals surface area (Å²) in [5.74, 6) is 0. The first-order valence-electron chi connectivity index (χ1n) is 5.24. The fraction of sp³-hybridized carbons (Fsp3) is 0.727. The third-order valence-electron chi connectivity index (χ3n) is 3.10. The number of nitrogens with two attached hydrogens (primary N) is 1. The zero-order chi connectivity index (χ0) is 10.8. The Hall–Kier alpha value is -0.990. The molecule has 1 heterocycles. The van der Waals surface area contributed by atoms with E-state index in [0.717, 1.165) is 24.3 Å². The maximum atomic E-state index is 5.73. The average Bonchev–Trinajstić information content (AvgIpc) is 2.45. The Labute approximate surface area is 86.3 Å². The van der Waals surface area contributed by atoms with Gasteiger partial charge < -0.3 is 5.73 Å². The molecule has 80 valence electrons. The van der Waals surface area contributed by atoms with Crippen LogP contribution in [-0.2, 0) is 6.54 Å². The highest BCUT2D eigenvalue weighted by Gasteiger charge is 2.15. The molecule has 0 fully saturated rings. The van der Waals surface area contributed by atoms with E-state index < -0.39 is 0 Å². The maximum absolute atomic E-state index is 5.73. The number of anilines is 1. The third kappa shape index (κ3) is 2.50. The van der Waals surface area contributed by atoms with E-state index in [0.29, 0.717) is 5.41 Å². The first-order chi connectivity index (χ1) is 6.46. The van der Waals surface area contributed by atoms with Gasteiger partial charge in [-0.2, -0.15) is 5.10 Å². The van der Waals surface area contributed by atoms with Gasteiger partial charge in [0.2, 0.25) is 0 Å². The van der Waals surface area contributed by atoms with Crippen molar-refractivity contribution in [3.05, 3.63) is 11.9 Å². The molecule has 0 atom stereocenters. The van der Waals surface area contributed by atoms with Crippen LogP contribution in [0.4, 0.5) is 5.69 Å². The Kier molecular flexibility index (Phi) is 3.19. The largest absolute Gasteiger partial charge is 0.396 e. The topological polar surface area (TPSA) is 43.8 Å². The molecule has 0 aliphatic heterocycles. The van der Waals surface area contributed by atoms with Crippen LogP contribution in [0.25, 0.3) is 0 Å². The van der Waals surface area contributed by atoms with Crippen LogP contribution in [0, 0.1) is 12.3 Å². The van der Waals surface area contributed by atoms with Crippen molar-refractivity contribution in [1.29, 1.82) is 0 Å². The SMILES string of the molecule is CCC(C)(C)CCn1ncc(N)c1C. The van der Waals surface area contributed by atoms with E-state index in [9.17, 15) is 0 Å². The van der Waals surface area contributed by atoms with Gasteiger partial charge in [0.1, 0.15) is 0 Å². The minimum absolute atomic E-state index is 0.396. The zero-order valence-corrected chi connectivity index (χ0v) is 9.67. The second-order valence-corrected chi connectivity index (χ2v) is 4.68. The summed E-state index contributed by atoms with van der Waals surface area (Å²) in [6, 6.07) is 0. The van der Waals surface area contributed by atoms with Gasteiger partial charge in [-0.1, -0.05) is 27.2 Å². The third-order valence-corrected chi connectivity index (χ3v) is 3.10. The van der Waals surface area contributed by atoms with Crippen molar-refractivity contribution in [1.82, 2.24) is 9.78 Å². The van der Waals surface area contributed by atoms with E-state index in [2.05, 4.69) is 25.9 Å². The van der Waals surface area contributed by atoms with Crippen LogP contribution in [0.5, 0.6) is 0 Å². The smallest absolute Gasteiger partial charge is 0.0730 e. The number of aryl methyl sites for hydroxylation is 1. The molecule has 0 bridgehead atoms. The Balaban J connectivity index is 2.58. The zero-order valence-electron chi connectivity index (χ0n) is 9.67. The Morgan fingerprint density at radius 1 is 1.50 bits per heavy atom. The Morgan fingerprint density at radius 3 is 2.57 bits per heavy atom. The monoisotopic (exact) mass is 195 g/mol. The van der Waals surface area contributed by atoms with Crippen molar-refractivity contribution in [2.24, 2.45) is 5.41 Å². The van der Waals surface area contributed by atoms with Crippen molar-refractivity contribution in [3.63, 3.8) is 0 Å². The number of hydrogen-bond acceptors (Lipinski definition) is 2. The van der Waals surface area contributed by atoms with Gasteiger partial charge in [-0.05, 0) is 18.8 Å². The summed E-state index contributed by atoms with van der Waals surface area (Å²) in [6.45, 7) is 9.78. The van der Waals surface area contributed by atoms with Gasteiger partial charge in [-0.25, -0.2) is 0 Å². The molecule has 1 aromatic rings. The fourth-order valence-corrected chi connectivity index (χ4v) is 1.27. The van der Waals surface area contributed by atoms with E-state index in [1.54, 1.807) is 6.20 Å². The normalized spacial score (nSPS) is 12.0. The average molecular weight is 195 g/mol. The summed E-state index contributed by atoms with van der Waals surface area (Å²) in [5, 5.41) is 4.24. The lowest BCUT2D eigenvalue weighted by molar-refractivity contribution is 0.294. The summed E-state index contributed by atoms with van der Waals surface area (Å²) < 4.78 is 1.99. The molecule has 1 aromatic heterocycles. The molecule has 0 spiro atoms. The molecule has 0 radical (unpaired) electrons.